The molecule has 0 N–H and O–H groups in total. The smallest absolute Gasteiger partial charge is 0.155 e. The highest BCUT2D eigenvalue weighted by atomic mass is 16.1. The van der Waals surface area contributed by atoms with Crippen LogP contribution in [0, 0.1) is 0 Å². The second-order valence-corrected chi connectivity index (χ2v) is 4.93. The summed E-state index contributed by atoms with van der Waals surface area (Å²) in [7, 11) is 0. The molecule has 0 saturated carbocycles. The van der Waals surface area contributed by atoms with Crippen LogP contribution in [0.5, 0.6) is 0 Å². The number of carbonyl (C=O) groups is 1. The van der Waals surface area contributed by atoms with E-state index in [1.807, 2.05) is 18.2 Å². The average molecular weight is 248 g/mol. The standard InChI is InChI=1S/C18H16O/c19-16-11-10-15-8-4-5-9-17(15)18(13-12-16)14-6-2-1-3-7-14/h1-11,18H,12-13H2/b11-10-. The zero-order chi connectivity index (χ0) is 13.1. The van der Waals surface area contributed by atoms with E-state index < -0.39 is 0 Å². The Kier molecular flexibility index (Phi) is 3.28. The molecule has 1 heteroatoms. The fourth-order valence-corrected chi connectivity index (χ4v) is 2.72. The summed E-state index contributed by atoms with van der Waals surface area (Å²) in [6.45, 7) is 0. The Hall–Kier alpha value is -2.15. The van der Waals surface area contributed by atoms with Gasteiger partial charge in [0.25, 0.3) is 0 Å². The zero-order valence-electron chi connectivity index (χ0n) is 10.8. The third-order valence-corrected chi connectivity index (χ3v) is 3.70. The van der Waals surface area contributed by atoms with Gasteiger partial charge in [-0.2, -0.15) is 0 Å². The van der Waals surface area contributed by atoms with Gasteiger partial charge in [-0.05, 0) is 29.2 Å². The van der Waals surface area contributed by atoms with E-state index in [2.05, 4.69) is 42.5 Å². The molecule has 0 bridgehead atoms. The molecule has 0 fully saturated rings. The first-order valence-corrected chi connectivity index (χ1v) is 6.69. The molecule has 94 valence electrons. The van der Waals surface area contributed by atoms with Crippen molar-refractivity contribution in [2.45, 2.75) is 18.8 Å². The summed E-state index contributed by atoms with van der Waals surface area (Å²) < 4.78 is 0. The molecule has 1 nitrogen and oxygen atoms in total. The maximum atomic E-state index is 11.7. The minimum atomic E-state index is 0.218. The Balaban J connectivity index is 2.11. The third-order valence-electron chi connectivity index (χ3n) is 3.70. The largest absolute Gasteiger partial charge is 0.295 e. The van der Waals surface area contributed by atoms with Gasteiger partial charge < -0.3 is 0 Å². The zero-order valence-corrected chi connectivity index (χ0v) is 10.8. The Morgan fingerprint density at radius 2 is 1.58 bits per heavy atom. The van der Waals surface area contributed by atoms with E-state index in [-0.39, 0.29) is 5.78 Å². The Bertz CT molecular complexity index is 611. The number of carbonyl (C=O) groups excluding carboxylic acids is 1. The maximum Gasteiger partial charge on any atom is 0.155 e. The first-order valence-electron chi connectivity index (χ1n) is 6.69. The quantitative estimate of drug-likeness (QED) is 0.739. The van der Waals surface area contributed by atoms with Crippen molar-refractivity contribution in [1.29, 1.82) is 0 Å². The summed E-state index contributed by atoms with van der Waals surface area (Å²) in [6.07, 6.45) is 5.15. The van der Waals surface area contributed by atoms with Gasteiger partial charge in [-0.1, -0.05) is 60.7 Å². The fourth-order valence-electron chi connectivity index (χ4n) is 2.72. The van der Waals surface area contributed by atoms with E-state index in [1.165, 1.54) is 11.1 Å². The normalized spacial score (nSPS) is 20.2. The second-order valence-electron chi connectivity index (χ2n) is 4.93. The molecular formula is C18H16O. The lowest BCUT2D eigenvalue weighted by molar-refractivity contribution is -0.114. The number of hydrogen-bond donors (Lipinski definition) is 0. The van der Waals surface area contributed by atoms with Gasteiger partial charge >= 0.3 is 0 Å². The first-order chi connectivity index (χ1) is 9.34. The summed E-state index contributed by atoms with van der Waals surface area (Å²) in [6, 6.07) is 18.8. The molecule has 0 amide bonds. The van der Waals surface area contributed by atoms with Crippen molar-refractivity contribution < 1.29 is 4.79 Å². The van der Waals surface area contributed by atoms with Crippen molar-refractivity contribution in [2.75, 3.05) is 0 Å². The van der Waals surface area contributed by atoms with Gasteiger partial charge in [-0.15, -0.1) is 0 Å². The van der Waals surface area contributed by atoms with Gasteiger partial charge in [0, 0.05) is 12.3 Å². The summed E-state index contributed by atoms with van der Waals surface area (Å²) in [5.74, 6) is 0.529. The van der Waals surface area contributed by atoms with Crippen LogP contribution in [0.1, 0.15) is 35.4 Å². The SMILES string of the molecule is O=C1/C=C\c2ccccc2C(c2ccccc2)CC1. The van der Waals surface area contributed by atoms with Gasteiger partial charge in [0.1, 0.15) is 0 Å². The molecule has 0 spiro atoms. The molecule has 0 radical (unpaired) electrons. The minimum Gasteiger partial charge on any atom is -0.295 e. The van der Waals surface area contributed by atoms with Gasteiger partial charge in [0.15, 0.2) is 5.78 Å². The molecule has 2 aromatic rings. The van der Waals surface area contributed by atoms with E-state index in [4.69, 9.17) is 0 Å². The molecular weight excluding hydrogens is 232 g/mol. The number of hydrogen-bond acceptors (Lipinski definition) is 1. The van der Waals surface area contributed by atoms with E-state index in [1.54, 1.807) is 6.08 Å². The van der Waals surface area contributed by atoms with Crippen LogP contribution >= 0.6 is 0 Å². The Labute approximate surface area is 113 Å². The first kappa shape index (κ1) is 11.9. The lowest BCUT2D eigenvalue weighted by Gasteiger charge is -2.21. The topological polar surface area (TPSA) is 17.1 Å². The molecule has 19 heavy (non-hydrogen) atoms. The van der Waals surface area contributed by atoms with Crippen molar-refractivity contribution in [1.82, 2.24) is 0 Å². The lowest BCUT2D eigenvalue weighted by Crippen LogP contribution is -2.08. The minimum absolute atomic E-state index is 0.218. The summed E-state index contributed by atoms with van der Waals surface area (Å²) in [5, 5.41) is 0. The number of allylic oxidation sites excluding steroid dienone is 1. The van der Waals surface area contributed by atoms with E-state index in [0.717, 1.165) is 12.0 Å². The molecule has 3 rings (SSSR count). The molecule has 0 aromatic heterocycles. The van der Waals surface area contributed by atoms with E-state index in [9.17, 15) is 4.79 Å². The Morgan fingerprint density at radius 3 is 2.42 bits per heavy atom. The van der Waals surface area contributed by atoms with Gasteiger partial charge in [0.05, 0.1) is 0 Å². The molecule has 2 aromatic carbocycles. The number of fused-ring (bicyclic) bond motifs is 1. The van der Waals surface area contributed by atoms with Crippen LogP contribution in [-0.4, -0.2) is 5.78 Å². The Morgan fingerprint density at radius 1 is 0.842 bits per heavy atom. The summed E-state index contributed by atoms with van der Waals surface area (Å²) >= 11 is 0. The van der Waals surface area contributed by atoms with Gasteiger partial charge in [0.2, 0.25) is 0 Å². The summed E-state index contributed by atoms with van der Waals surface area (Å²) in [5.41, 5.74) is 3.76. The molecule has 1 unspecified atom stereocenters. The predicted molar refractivity (Wildman–Crippen MR) is 78.0 cm³/mol. The highest BCUT2D eigenvalue weighted by molar-refractivity contribution is 5.94. The number of ketones is 1. The number of benzene rings is 2. The van der Waals surface area contributed by atoms with E-state index in [0.29, 0.717) is 12.3 Å². The van der Waals surface area contributed by atoms with Crippen molar-refractivity contribution in [3.8, 4) is 0 Å². The van der Waals surface area contributed by atoms with Crippen molar-refractivity contribution in [2.24, 2.45) is 0 Å². The highest BCUT2D eigenvalue weighted by Crippen LogP contribution is 2.33. The van der Waals surface area contributed by atoms with Crippen LogP contribution in [0.4, 0.5) is 0 Å². The molecule has 1 aliphatic rings. The molecule has 0 aliphatic heterocycles. The monoisotopic (exact) mass is 248 g/mol. The molecule has 1 aliphatic carbocycles. The maximum absolute atomic E-state index is 11.7. The van der Waals surface area contributed by atoms with Crippen LogP contribution in [0.25, 0.3) is 6.08 Å². The van der Waals surface area contributed by atoms with Crippen molar-refractivity contribution >= 4 is 11.9 Å². The molecule has 1 atom stereocenters. The van der Waals surface area contributed by atoms with E-state index >= 15 is 0 Å². The second kappa shape index (κ2) is 5.23. The van der Waals surface area contributed by atoms with Crippen LogP contribution in [-0.2, 0) is 4.79 Å². The van der Waals surface area contributed by atoms with Crippen LogP contribution in [0.2, 0.25) is 0 Å². The summed E-state index contributed by atoms with van der Waals surface area (Å²) in [4.78, 5) is 11.7. The van der Waals surface area contributed by atoms with Gasteiger partial charge in [-0.25, -0.2) is 0 Å². The van der Waals surface area contributed by atoms with Crippen molar-refractivity contribution in [3.63, 3.8) is 0 Å². The van der Waals surface area contributed by atoms with Gasteiger partial charge in [-0.3, -0.25) is 4.79 Å². The average Bonchev–Trinajstić information content (AvgIpc) is 2.45. The van der Waals surface area contributed by atoms with Crippen molar-refractivity contribution in [3.05, 3.63) is 77.4 Å². The number of rotatable bonds is 1. The third kappa shape index (κ3) is 2.50. The van der Waals surface area contributed by atoms with Crippen LogP contribution < -0.4 is 0 Å². The lowest BCUT2D eigenvalue weighted by atomic mass is 9.83. The van der Waals surface area contributed by atoms with Crippen LogP contribution in [0.15, 0.2) is 60.7 Å². The predicted octanol–water partition coefficient (Wildman–Crippen LogP) is 4.19. The fraction of sp³-hybridized carbons (Fsp3) is 0.167. The molecule has 0 saturated heterocycles. The van der Waals surface area contributed by atoms with Crippen LogP contribution in [0.3, 0.4) is 0 Å². The highest BCUT2D eigenvalue weighted by Gasteiger charge is 2.19. The molecule has 0 heterocycles.